The van der Waals surface area contributed by atoms with Gasteiger partial charge >= 0.3 is 0 Å². The SMILES string of the molecule is CC(C)c1ccc(F)cc1OCc1ccccc1. The van der Waals surface area contributed by atoms with E-state index >= 15 is 0 Å². The third-order valence-electron chi connectivity index (χ3n) is 2.83. The lowest BCUT2D eigenvalue weighted by atomic mass is 10.0. The molecular weight excluding hydrogens is 227 g/mol. The minimum Gasteiger partial charge on any atom is -0.489 e. The third kappa shape index (κ3) is 3.10. The van der Waals surface area contributed by atoms with E-state index in [4.69, 9.17) is 4.74 Å². The highest BCUT2D eigenvalue weighted by Gasteiger charge is 2.09. The minimum absolute atomic E-state index is 0.262. The summed E-state index contributed by atoms with van der Waals surface area (Å²) in [5.74, 6) is 0.688. The molecule has 0 spiro atoms. The van der Waals surface area contributed by atoms with Crippen molar-refractivity contribution in [1.29, 1.82) is 0 Å². The maximum atomic E-state index is 13.3. The molecule has 0 N–H and O–H groups in total. The van der Waals surface area contributed by atoms with Crippen molar-refractivity contribution < 1.29 is 9.13 Å². The number of hydrogen-bond donors (Lipinski definition) is 0. The van der Waals surface area contributed by atoms with Crippen LogP contribution in [0.3, 0.4) is 0 Å². The van der Waals surface area contributed by atoms with Crippen LogP contribution in [0.1, 0.15) is 30.9 Å². The van der Waals surface area contributed by atoms with Crippen molar-refractivity contribution in [2.75, 3.05) is 0 Å². The predicted octanol–water partition coefficient (Wildman–Crippen LogP) is 4.53. The number of benzene rings is 2. The lowest BCUT2D eigenvalue weighted by Gasteiger charge is -2.14. The average Bonchev–Trinajstić information content (AvgIpc) is 2.37. The molecular formula is C16H17FO. The van der Waals surface area contributed by atoms with E-state index < -0.39 is 0 Å². The summed E-state index contributed by atoms with van der Waals surface area (Å²) in [7, 11) is 0. The van der Waals surface area contributed by atoms with Crippen molar-refractivity contribution in [3.63, 3.8) is 0 Å². The second-order valence-electron chi connectivity index (χ2n) is 4.61. The summed E-state index contributed by atoms with van der Waals surface area (Å²) >= 11 is 0. The summed E-state index contributed by atoms with van der Waals surface area (Å²) in [6.07, 6.45) is 0. The van der Waals surface area contributed by atoms with Crippen LogP contribution in [0.25, 0.3) is 0 Å². The zero-order valence-corrected chi connectivity index (χ0v) is 10.7. The molecule has 0 aliphatic rings. The van der Waals surface area contributed by atoms with Crippen LogP contribution in [0.4, 0.5) is 4.39 Å². The largest absolute Gasteiger partial charge is 0.489 e. The van der Waals surface area contributed by atoms with Crippen LogP contribution >= 0.6 is 0 Å². The van der Waals surface area contributed by atoms with Crippen molar-refractivity contribution in [2.45, 2.75) is 26.4 Å². The quantitative estimate of drug-likeness (QED) is 0.767. The molecule has 2 aromatic rings. The second kappa shape index (κ2) is 5.67. The molecule has 0 saturated heterocycles. The van der Waals surface area contributed by atoms with Gasteiger partial charge in [0.05, 0.1) is 0 Å². The van der Waals surface area contributed by atoms with Gasteiger partial charge in [-0.15, -0.1) is 0 Å². The van der Waals surface area contributed by atoms with E-state index in [0.29, 0.717) is 18.3 Å². The predicted molar refractivity (Wildman–Crippen MR) is 71.3 cm³/mol. The van der Waals surface area contributed by atoms with Gasteiger partial charge in [0.1, 0.15) is 18.2 Å². The fraction of sp³-hybridized carbons (Fsp3) is 0.250. The Balaban J connectivity index is 2.15. The van der Waals surface area contributed by atoms with Crippen LogP contribution in [0.5, 0.6) is 5.75 Å². The topological polar surface area (TPSA) is 9.23 Å². The summed E-state index contributed by atoms with van der Waals surface area (Å²) < 4.78 is 19.0. The molecule has 0 saturated carbocycles. The van der Waals surface area contributed by atoms with E-state index in [2.05, 4.69) is 13.8 Å². The van der Waals surface area contributed by atoms with Gasteiger partial charge in [-0.25, -0.2) is 4.39 Å². The molecule has 1 nitrogen and oxygen atoms in total. The van der Waals surface area contributed by atoms with Gasteiger partial charge in [-0.2, -0.15) is 0 Å². The van der Waals surface area contributed by atoms with Crippen LogP contribution in [0, 0.1) is 5.82 Å². The molecule has 94 valence electrons. The Kier molecular flexibility index (Phi) is 3.98. The maximum absolute atomic E-state index is 13.3. The number of halogens is 1. The van der Waals surface area contributed by atoms with E-state index in [1.165, 1.54) is 12.1 Å². The normalized spacial score (nSPS) is 10.7. The highest BCUT2D eigenvalue weighted by Crippen LogP contribution is 2.27. The molecule has 18 heavy (non-hydrogen) atoms. The van der Waals surface area contributed by atoms with Gasteiger partial charge in [-0.3, -0.25) is 0 Å². The summed E-state index contributed by atoms with van der Waals surface area (Å²) in [5, 5.41) is 0. The molecule has 0 unspecified atom stereocenters. The monoisotopic (exact) mass is 244 g/mol. The Hall–Kier alpha value is -1.83. The Morgan fingerprint density at radius 2 is 1.78 bits per heavy atom. The van der Waals surface area contributed by atoms with Gasteiger partial charge in [-0.05, 0) is 23.1 Å². The molecule has 2 heteroatoms. The Bertz CT molecular complexity index is 506. The first-order valence-corrected chi connectivity index (χ1v) is 6.13. The van der Waals surface area contributed by atoms with E-state index in [1.54, 1.807) is 6.07 Å². The lowest BCUT2D eigenvalue weighted by Crippen LogP contribution is -2.00. The minimum atomic E-state index is -0.262. The zero-order chi connectivity index (χ0) is 13.0. The van der Waals surface area contributed by atoms with Gasteiger partial charge in [0.25, 0.3) is 0 Å². The van der Waals surface area contributed by atoms with Crippen molar-refractivity contribution in [1.82, 2.24) is 0 Å². The van der Waals surface area contributed by atoms with Gasteiger partial charge in [-0.1, -0.05) is 50.2 Å². The zero-order valence-electron chi connectivity index (χ0n) is 10.7. The Morgan fingerprint density at radius 3 is 2.44 bits per heavy atom. The fourth-order valence-electron chi connectivity index (χ4n) is 1.85. The Labute approximate surface area is 107 Å². The highest BCUT2D eigenvalue weighted by molar-refractivity contribution is 5.36. The maximum Gasteiger partial charge on any atom is 0.126 e. The van der Waals surface area contributed by atoms with Crippen molar-refractivity contribution >= 4 is 0 Å². The van der Waals surface area contributed by atoms with Crippen LogP contribution in [-0.2, 0) is 6.61 Å². The van der Waals surface area contributed by atoms with E-state index in [9.17, 15) is 4.39 Å². The molecule has 0 bridgehead atoms. The molecule has 0 aromatic heterocycles. The van der Waals surface area contributed by atoms with Gasteiger partial charge in [0.2, 0.25) is 0 Å². The van der Waals surface area contributed by atoms with Gasteiger partial charge in [0.15, 0.2) is 0 Å². The number of rotatable bonds is 4. The Morgan fingerprint density at radius 1 is 1.06 bits per heavy atom. The first-order valence-electron chi connectivity index (χ1n) is 6.13. The summed E-state index contributed by atoms with van der Waals surface area (Å²) in [6.45, 7) is 4.61. The molecule has 2 aromatic carbocycles. The van der Waals surface area contributed by atoms with E-state index in [1.807, 2.05) is 30.3 Å². The molecule has 0 heterocycles. The standard InChI is InChI=1S/C16H17FO/c1-12(2)15-9-8-14(17)10-16(15)18-11-13-6-4-3-5-7-13/h3-10,12H,11H2,1-2H3. The summed E-state index contributed by atoms with van der Waals surface area (Å²) in [6, 6.07) is 14.6. The summed E-state index contributed by atoms with van der Waals surface area (Å²) in [4.78, 5) is 0. The van der Waals surface area contributed by atoms with Gasteiger partial charge in [0, 0.05) is 6.07 Å². The van der Waals surface area contributed by atoms with Crippen LogP contribution in [0.15, 0.2) is 48.5 Å². The third-order valence-corrected chi connectivity index (χ3v) is 2.83. The first-order chi connectivity index (χ1) is 8.66. The molecule has 0 atom stereocenters. The van der Waals surface area contributed by atoms with Crippen molar-refractivity contribution in [3.8, 4) is 5.75 Å². The van der Waals surface area contributed by atoms with Crippen molar-refractivity contribution in [2.24, 2.45) is 0 Å². The number of hydrogen-bond acceptors (Lipinski definition) is 1. The summed E-state index contributed by atoms with van der Waals surface area (Å²) in [5.41, 5.74) is 2.11. The van der Waals surface area contributed by atoms with Crippen LogP contribution in [0.2, 0.25) is 0 Å². The van der Waals surface area contributed by atoms with Crippen molar-refractivity contribution in [3.05, 3.63) is 65.5 Å². The van der Waals surface area contributed by atoms with Crippen LogP contribution in [-0.4, -0.2) is 0 Å². The molecule has 0 radical (unpaired) electrons. The molecule has 0 fully saturated rings. The van der Waals surface area contributed by atoms with Crippen LogP contribution < -0.4 is 4.74 Å². The first kappa shape index (κ1) is 12.6. The lowest BCUT2D eigenvalue weighted by molar-refractivity contribution is 0.300. The average molecular weight is 244 g/mol. The molecule has 0 aliphatic carbocycles. The van der Waals surface area contributed by atoms with Gasteiger partial charge < -0.3 is 4.74 Å². The van der Waals surface area contributed by atoms with E-state index in [0.717, 1.165) is 11.1 Å². The second-order valence-corrected chi connectivity index (χ2v) is 4.61. The molecule has 0 aliphatic heterocycles. The van der Waals surface area contributed by atoms with E-state index in [-0.39, 0.29) is 5.82 Å². The molecule has 2 rings (SSSR count). The fourth-order valence-corrected chi connectivity index (χ4v) is 1.85. The number of ether oxygens (including phenoxy) is 1. The smallest absolute Gasteiger partial charge is 0.126 e. The molecule has 0 amide bonds. The highest BCUT2D eigenvalue weighted by atomic mass is 19.1.